The highest BCUT2D eigenvalue weighted by molar-refractivity contribution is 7.12. The number of rotatable bonds is 2. The monoisotopic (exact) mass is 373 g/mol. The van der Waals surface area contributed by atoms with Gasteiger partial charge in [0.2, 0.25) is 5.91 Å². The first-order valence-corrected chi connectivity index (χ1v) is 9.46. The Morgan fingerprint density at radius 3 is 2.81 bits per heavy atom. The second kappa shape index (κ2) is 6.48. The number of hydrogen-bond donors (Lipinski definition) is 0. The van der Waals surface area contributed by atoms with Gasteiger partial charge in [-0.25, -0.2) is 4.39 Å². The number of benzene rings is 1. The van der Waals surface area contributed by atoms with Crippen LogP contribution in [0.1, 0.15) is 16.1 Å². The third-order valence-corrected chi connectivity index (χ3v) is 6.26. The Bertz CT molecular complexity index is 841. The normalized spacial score (nSPS) is 23.8. The molecule has 5 nitrogen and oxygen atoms in total. The van der Waals surface area contributed by atoms with E-state index in [-0.39, 0.29) is 29.7 Å². The molecule has 2 aromatic rings. The molecule has 0 bridgehead atoms. The van der Waals surface area contributed by atoms with Gasteiger partial charge in [0.05, 0.1) is 17.0 Å². The minimum Gasteiger partial charge on any atom is -0.336 e. The SMILES string of the molecule is CN1CC(=O)N(c2cccc(F)c2)C[C@]12CCN(C(=O)c1cccs1)C2. The zero-order valence-corrected chi connectivity index (χ0v) is 15.3. The first kappa shape index (κ1) is 17.2. The predicted molar refractivity (Wildman–Crippen MR) is 99.0 cm³/mol. The lowest BCUT2D eigenvalue weighted by Crippen LogP contribution is -2.64. The van der Waals surface area contributed by atoms with Crippen molar-refractivity contribution in [2.24, 2.45) is 0 Å². The molecule has 1 aromatic heterocycles. The molecular weight excluding hydrogens is 353 g/mol. The number of likely N-dealkylation sites (tertiary alicyclic amines) is 1. The minimum atomic E-state index is -0.357. The van der Waals surface area contributed by atoms with Gasteiger partial charge in [0, 0.05) is 25.3 Å². The molecule has 1 spiro atoms. The van der Waals surface area contributed by atoms with Crippen LogP contribution >= 0.6 is 11.3 Å². The number of hydrogen-bond acceptors (Lipinski definition) is 4. The van der Waals surface area contributed by atoms with E-state index in [0.29, 0.717) is 25.3 Å². The fourth-order valence-corrected chi connectivity index (χ4v) is 4.56. The first-order valence-electron chi connectivity index (χ1n) is 8.58. The van der Waals surface area contributed by atoms with Gasteiger partial charge in [-0.2, -0.15) is 0 Å². The van der Waals surface area contributed by atoms with E-state index in [4.69, 9.17) is 0 Å². The average molecular weight is 373 g/mol. The number of amides is 2. The van der Waals surface area contributed by atoms with Gasteiger partial charge in [-0.3, -0.25) is 14.5 Å². The third-order valence-electron chi connectivity index (χ3n) is 5.41. The van der Waals surface area contributed by atoms with E-state index >= 15 is 0 Å². The van der Waals surface area contributed by atoms with Crippen molar-refractivity contribution in [2.75, 3.05) is 38.1 Å². The van der Waals surface area contributed by atoms with Crippen LogP contribution in [-0.2, 0) is 4.79 Å². The smallest absolute Gasteiger partial charge is 0.263 e. The predicted octanol–water partition coefficient (Wildman–Crippen LogP) is 2.45. The number of carbonyl (C=O) groups is 2. The van der Waals surface area contributed by atoms with E-state index in [0.717, 1.165) is 11.3 Å². The lowest BCUT2D eigenvalue weighted by Gasteiger charge is -2.46. The molecule has 2 aliphatic heterocycles. The largest absolute Gasteiger partial charge is 0.336 e. The number of piperazine rings is 1. The summed E-state index contributed by atoms with van der Waals surface area (Å²) in [6, 6.07) is 9.84. The second-order valence-electron chi connectivity index (χ2n) is 6.99. The van der Waals surface area contributed by atoms with Gasteiger partial charge in [0.25, 0.3) is 5.91 Å². The number of anilines is 1. The zero-order valence-electron chi connectivity index (χ0n) is 14.5. The first-order chi connectivity index (χ1) is 12.5. The fourth-order valence-electron chi connectivity index (χ4n) is 3.86. The van der Waals surface area contributed by atoms with Gasteiger partial charge in [-0.05, 0) is 43.1 Å². The molecule has 26 heavy (non-hydrogen) atoms. The zero-order chi connectivity index (χ0) is 18.3. The van der Waals surface area contributed by atoms with Gasteiger partial charge in [-0.1, -0.05) is 12.1 Å². The molecule has 2 amide bonds. The van der Waals surface area contributed by atoms with Gasteiger partial charge < -0.3 is 9.80 Å². The van der Waals surface area contributed by atoms with Crippen molar-refractivity contribution in [1.29, 1.82) is 0 Å². The summed E-state index contributed by atoms with van der Waals surface area (Å²) in [5.41, 5.74) is 0.276. The fraction of sp³-hybridized carbons (Fsp3) is 0.368. The number of nitrogens with zero attached hydrogens (tertiary/aromatic N) is 3. The number of thiophene rings is 1. The van der Waals surface area contributed by atoms with Crippen molar-refractivity contribution < 1.29 is 14.0 Å². The Kier molecular flexibility index (Phi) is 4.28. The number of carbonyl (C=O) groups excluding carboxylic acids is 2. The van der Waals surface area contributed by atoms with E-state index in [2.05, 4.69) is 0 Å². The van der Waals surface area contributed by atoms with Crippen LogP contribution in [0.15, 0.2) is 41.8 Å². The van der Waals surface area contributed by atoms with E-state index in [1.54, 1.807) is 17.0 Å². The van der Waals surface area contributed by atoms with Gasteiger partial charge in [-0.15, -0.1) is 11.3 Å². The Hall–Kier alpha value is -2.25. The molecule has 0 saturated carbocycles. The van der Waals surface area contributed by atoms with E-state index < -0.39 is 0 Å². The molecule has 0 N–H and O–H groups in total. The maximum Gasteiger partial charge on any atom is 0.263 e. The summed E-state index contributed by atoms with van der Waals surface area (Å²) in [6.45, 7) is 1.95. The van der Waals surface area contributed by atoms with E-state index in [9.17, 15) is 14.0 Å². The van der Waals surface area contributed by atoms with Crippen molar-refractivity contribution in [3.8, 4) is 0 Å². The summed E-state index contributed by atoms with van der Waals surface area (Å²) in [7, 11) is 1.93. The standard InChI is InChI=1S/C19H20FN3O2S/c1-21-11-17(24)23(15-5-2-4-14(20)10-15)13-19(21)7-8-22(12-19)18(25)16-6-3-9-26-16/h2-6,9-10H,7-8,11-13H2,1H3/t19-/m1/s1. The molecule has 0 unspecified atom stereocenters. The molecule has 4 rings (SSSR count). The van der Waals surface area contributed by atoms with Crippen molar-refractivity contribution in [3.63, 3.8) is 0 Å². The maximum absolute atomic E-state index is 13.6. The average Bonchev–Trinajstić information content (AvgIpc) is 3.29. The molecule has 7 heteroatoms. The highest BCUT2D eigenvalue weighted by atomic mass is 32.1. The quantitative estimate of drug-likeness (QED) is 0.812. The van der Waals surface area contributed by atoms with Crippen LogP contribution in [0, 0.1) is 5.82 Å². The summed E-state index contributed by atoms with van der Waals surface area (Å²) in [5, 5.41) is 1.90. The van der Waals surface area contributed by atoms with Crippen molar-refractivity contribution >= 4 is 28.8 Å². The summed E-state index contributed by atoms with van der Waals surface area (Å²) in [5.74, 6) is -0.365. The molecule has 0 aliphatic carbocycles. The molecule has 2 saturated heterocycles. The van der Waals surface area contributed by atoms with Crippen LogP contribution in [0.25, 0.3) is 0 Å². The number of likely N-dealkylation sites (N-methyl/N-ethyl adjacent to an activating group) is 1. The molecule has 3 heterocycles. The summed E-state index contributed by atoms with van der Waals surface area (Å²) in [4.78, 5) is 31.5. The Balaban J connectivity index is 1.57. The van der Waals surface area contributed by atoms with Crippen LogP contribution in [0.4, 0.5) is 10.1 Å². The Morgan fingerprint density at radius 1 is 1.23 bits per heavy atom. The topological polar surface area (TPSA) is 43.9 Å². The van der Waals surface area contributed by atoms with Gasteiger partial charge >= 0.3 is 0 Å². The Labute approximate surface area is 155 Å². The molecule has 1 aromatic carbocycles. The van der Waals surface area contributed by atoms with Crippen LogP contribution in [0.2, 0.25) is 0 Å². The highest BCUT2D eigenvalue weighted by Crippen LogP contribution is 2.34. The van der Waals surface area contributed by atoms with Crippen LogP contribution in [-0.4, -0.2) is 60.4 Å². The molecule has 1 atom stereocenters. The van der Waals surface area contributed by atoms with Crippen molar-refractivity contribution in [1.82, 2.24) is 9.80 Å². The summed E-state index contributed by atoms with van der Waals surface area (Å²) < 4.78 is 13.6. The number of halogens is 1. The molecule has 2 aliphatic rings. The van der Waals surface area contributed by atoms with Gasteiger partial charge in [0.15, 0.2) is 0 Å². The molecule has 0 radical (unpaired) electrons. The summed E-state index contributed by atoms with van der Waals surface area (Å²) in [6.07, 6.45) is 0.791. The molecule has 2 fully saturated rings. The summed E-state index contributed by atoms with van der Waals surface area (Å²) >= 11 is 1.44. The maximum atomic E-state index is 13.6. The minimum absolute atomic E-state index is 0.0412. The van der Waals surface area contributed by atoms with Crippen LogP contribution < -0.4 is 4.90 Å². The van der Waals surface area contributed by atoms with Crippen LogP contribution in [0.5, 0.6) is 0 Å². The second-order valence-corrected chi connectivity index (χ2v) is 7.94. The molecular formula is C19H20FN3O2S. The van der Waals surface area contributed by atoms with Crippen molar-refractivity contribution in [3.05, 3.63) is 52.5 Å². The van der Waals surface area contributed by atoms with E-state index in [1.807, 2.05) is 34.4 Å². The van der Waals surface area contributed by atoms with Crippen LogP contribution in [0.3, 0.4) is 0 Å². The lowest BCUT2D eigenvalue weighted by molar-refractivity contribution is -0.123. The van der Waals surface area contributed by atoms with E-state index in [1.165, 1.54) is 23.5 Å². The third kappa shape index (κ3) is 2.91. The lowest BCUT2D eigenvalue weighted by atomic mass is 9.92. The molecule has 136 valence electrons. The van der Waals surface area contributed by atoms with Gasteiger partial charge in [0.1, 0.15) is 5.82 Å². The van der Waals surface area contributed by atoms with Crippen molar-refractivity contribution in [2.45, 2.75) is 12.0 Å². The Morgan fingerprint density at radius 2 is 2.08 bits per heavy atom. The highest BCUT2D eigenvalue weighted by Gasteiger charge is 2.48.